The summed E-state index contributed by atoms with van der Waals surface area (Å²) in [6.45, 7) is 3.76. The average Bonchev–Trinajstić information content (AvgIpc) is 2.41. The van der Waals surface area contributed by atoms with E-state index in [4.69, 9.17) is 5.11 Å². The van der Waals surface area contributed by atoms with Crippen LogP contribution in [0.1, 0.15) is 15.9 Å². The average molecular weight is 250 g/mol. The monoisotopic (exact) mass is 250 g/mol. The van der Waals surface area contributed by atoms with Gasteiger partial charge in [-0.15, -0.1) is 0 Å². The van der Waals surface area contributed by atoms with E-state index in [2.05, 4.69) is 19.1 Å². The van der Waals surface area contributed by atoms with Crippen molar-refractivity contribution in [2.75, 3.05) is 0 Å². The van der Waals surface area contributed by atoms with Crippen LogP contribution < -0.4 is 29.6 Å². The van der Waals surface area contributed by atoms with Gasteiger partial charge in [0.2, 0.25) is 0 Å². The standard InChI is InChI=1S/C8H9.C7H6O2.Na/c1-2-8-6-4-3-5-7-8;8-7(9)6-4-2-1-3-5-6;/h3-7H,1-2H2;1-5H,(H,8,9);/q-1;;+1. The second-order valence-corrected chi connectivity index (χ2v) is 3.41. The van der Waals surface area contributed by atoms with Crippen LogP contribution in [0.25, 0.3) is 0 Å². The van der Waals surface area contributed by atoms with E-state index < -0.39 is 5.97 Å². The molecule has 18 heavy (non-hydrogen) atoms. The van der Waals surface area contributed by atoms with Gasteiger partial charge in [-0.3, -0.25) is 0 Å². The third-order valence-electron chi connectivity index (χ3n) is 2.15. The second kappa shape index (κ2) is 9.89. The molecule has 0 saturated carbocycles. The minimum atomic E-state index is -0.879. The molecule has 0 aliphatic rings. The summed E-state index contributed by atoms with van der Waals surface area (Å²) in [5, 5.41) is 8.38. The van der Waals surface area contributed by atoms with Crippen LogP contribution in [-0.2, 0) is 6.42 Å². The van der Waals surface area contributed by atoms with Gasteiger partial charge in [0.25, 0.3) is 0 Å². The van der Waals surface area contributed by atoms with Crippen LogP contribution in [-0.4, -0.2) is 11.1 Å². The van der Waals surface area contributed by atoms with E-state index in [1.807, 2.05) is 18.2 Å². The Bertz CT molecular complexity index is 441. The normalized spacial score (nSPS) is 8.50. The summed E-state index contributed by atoms with van der Waals surface area (Å²) in [6.07, 6.45) is 0.890. The summed E-state index contributed by atoms with van der Waals surface area (Å²) in [5.74, 6) is -0.879. The minimum absolute atomic E-state index is 0. The number of carboxylic acids is 1. The van der Waals surface area contributed by atoms with Gasteiger partial charge in [-0.05, 0) is 12.1 Å². The van der Waals surface area contributed by atoms with Gasteiger partial charge < -0.3 is 12.0 Å². The minimum Gasteiger partial charge on any atom is -0.478 e. The fourth-order valence-electron chi connectivity index (χ4n) is 1.23. The third-order valence-corrected chi connectivity index (χ3v) is 2.15. The maximum Gasteiger partial charge on any atom is 1.00 e. The molecule has 0 aliphatic carbocycles. The predicted molar refractivity (Wildman–Crippen MR) is 68.9 cm³/mol. The Morgan fingerprint density at radius 1 is 0.944 bits per heavy atom. The van der Waals surface area contributed by atoms with Gasteiger partial charge in [0.1, 0.15) is 0 Å². The SMILES string of the molecule is O=C(O)c1ccccc1.[CH2-]Cc1ccccc1.[Na+]. The smallest absolute Gasteiger partial charge is 0.478 e. The molecule has 0 aromatic heterocycles. The van der Waals surface area contributed by atoms with Crippen molar-refractivity contribution in [3.63, 3.8) is 0 Å². The van der Waals surface area contributed by atoms with Gasteiger partial charge >= 0.3 is 35.5 Å². The molecule has 2 rings (SSSR count). The predicted octanol–water partition coefficient (Wildman–Crippen LogP) is 0.452. The molecule has 0 radical (unpaired) electrons. The van der Waals surface area contributed by atoms with Crippen molar-refractivity contribution in [1.29, 1.82) is 0 Å². The first-order chi connectivity index (χ1) is 8.24. The maximum absolute atomic E-state index is 10.2. The molecule has 2 nitrogen and oxygen atoms in total. The molecule has 0 saturated heterocycles. The summed E-state index contributed by atoms with van der Waals surface area (Å²) >= 11 is 0. The van der Waals surface area contributed by atoms with Crippen molar-refractivity contribution >= 4 is 5.97 Å². The number of hydrogen-bond acceptors (Lipinski definition) is 1. The number of benzene rings is 2. The Morgan fingerprint density at radius 3 is 1.67 bits per heavy atom. The summed E-state index contributed by atoms with van der Waals surface area (Å²) in [6, 6.07) is 18.5. The molecule has 0 amide bonds. The zero-order valence-electron chi connectivity index (χ0n) is 10.5. The van der Waals surface area contributed by atoms with Crippen LogP contribution in [0.2, 0.25) is 0 Å². The van der Waals surface area contributed by atoms with E-state index >= 15 is 0 Å². The zero-order valence-corrected chi connectivity index (χ0v) is 12.5. The fraction of sp³-hybridized carbons (Fsp3) is 0.0667. The number of carbonyl (C=O) groups is 1. The molecule has 0 atom stereocenters. The Balaban J connectivity index is 0.000000306. The molecule has 2 aromatic rings. The first-order valence-electron chi connectivity index (χ1n) is 5.35. The number of aromatic carboxylic acids is 1. The van der Waals surface area contributed by atoms with E-state index in [1.54, 1.807) is 30.3 Å². The largest absolute Gasteiger partial charge is 1.00 e. The quantitative estimate of drug-likeness (QED) is 0.621. The summed E-state index contributed by atoms with van der Waals surface area (Å²) in [4.78, 5) is 10.2. The summed E-state index contributed by atoms with van der Waals surface area (Å²) in [5.41, 5.74) is 1.63. The van der Waals surface area contributed by atoms with Gasteiger partial charge in [0.15, 0.2) is 0 Å². The van der Waals surface area contributed by atoms with E-state index in [0.29, 0.717) is 5.56 Å². The maximum atomic E-state index is 10.2. The van der Waals surface area contributed by atoms with Crippen molar-refractivity contribution in [3.8, 4) is 0 Å². The van der Waals surface area contributed by atoms with Crippen molar-refractivity contribution in [2.45, 2.75) is 6.42 Å². The van der Waals surface area contributed by atoms with Crippen LogP contribution in [0.5, 0.6) is 0 Å². The van der Waals surface area contributed by atoms with Crippen molar-refractivity contribution in [2.24, 2.45) is 0 Å². The van der Waals surface area contributed by atoms with Gasteiger partial charge in [-0.1, -0.05) is 54.1 Å². The van der Waals surface area contributed by atoms with Gasteiger partial charge in [0.05, 0.1) is 5.56 Å². The van der Waals surface area contributed by atoms with E-state index in [-0.39, 0.29) is 29.6 Å². The topological polar surface area (TPSA) is 37.3 Å². The van der Waals surface area contributed by atoms with E-state index in [1.165, 1.54) is 5.56 Å². The molecule has 2 aromatic carbocycles. The summed E-state index contributed by atoms with van der Waals surface area (Å²) in [7, 11) is 0. The molecule has 3 heteroatoms. The van der Waals surface area contributed by atoms with Crippen LogP contribution in [0, 0.1) is 6.92 Å². The number of carboxylic acid groups (broad SMARTS) is 1. The summed E-state index contributed by atoms with van der Waals surface area (Å²) < 4.78 is 0. The Labute approximate surface area is 130 Å². The molecule has 0 heterocycles. The second-order valence-electron chi connectivity index (χ2n) is 3.41. The van der Waals surface area contributed by atoms with Crippen LogP contribution >= 0.6 is 0 Å². The van der Waals surface area contributed by atoms with E-state index in [0.717, 1.165) is 6.42 Å². The van der Waals surface area contributed by atoms with E-state index in [9.17, 15) is 4.79 Å². The van der Waals surface area contributed by atoms with Crippen LogP contribution in [0.15, 0.2) is 60.7 Å². The Hall–Kier alpha value is -1.09. The molecule has 88 valence electrons. The third kappa shape index (κ3) is 6.60. The van der Waals surface area contributed by atoms with Crippen LogP contribution in [0.4, 0.5) is 0 Å². The van der Waals surface area contributed by atoms with Crippen molar-refractivity contribution in [3.05, 3.63) is 78.7 Å². The molecule has 0 fully saturated rings. The number of rotatable bonds is 2. The van der Waals surface area contributed by atoms with Gasteiger partial charge in [-0.2, -0.15) is 6.42 Å². The van der Waals surface area contributed by atoms with Crippen molar-refractivity contribution < 1.29 is 39.5 Å². The first kappa shape index (κ1) is 16.9. The van der Waals surface area contributed by atoms with Crippen LogP contribution in [0.3, 0.4) is 0 Å². The molecular weight excluding hydrogens is 235 g/mol. The Morgan fingerprint density at radius 2 is 1.39 bits per heavy atom. The van der Waals surface area contributed by atoms with Crippen molar-refractivity contribution in [1.82, 2.24) is 0 Å². The molecule has 0 spiro atoms. The Kier molecular flexibility index (Phi) is 9.29. The van der Waals surface area contributed by atoms with Gasteiger partial charge in [-0.25, -0.2) is 4.79 Å². The molecule has 0 unspecified atom stereocenters. The zero-order chi connectivity index (χ0) is 12.5. The number of hydrogen-bond donors (Lipinski definition) is 1. The first-order valence-corrected chi connectivity index (χ1v) is 5.35. The molecule has 0 bridgehead atoms. The fourth-order valence-corrected chi connectivity index (χ4v) is 1.23. The molecule has 1 N–H and O–H groups in total. The van der Waals surface area contributed by atoms with Gasteiger partial charge in [0, 0.05) is 0 Å². The molecular formula is C15H15NaO2. The molecule has 0 aliphatic heterocycles.